The molecule has 0 saturated heterocycles. The number of aryl methyl sites for hydroxylation is 2. The summed E-state index contributed by atoms with van der Waals surface area (Å²) in [5, 5.41) is 4.54. The van der Waals surface area contributed by atoms with Crippen LogP contribution in [0.1, 0.15) is 26.7 Å². The molecule has 0 aliphatic rings. The van der Waals surface area contributed by atoms with Crippen molar-refractivity contribution in [2.45, 2.75) is 39.8 Å². The highest BCUT2D eigenvalue weighted by molar-refractivity contribution is 5.95. The van der Waals surface area contributed by atoms with Gasteiger partial charge in [0.1, 0.15) is 0 Å². The van der Waals surface area contributed by atoms with E-state index in [-0.39, 0.29) is 18.7 Å². The number of ether oxygens (including phenoxy) is 1. The van der Waals surface area contributed by atoms with E-state index < -0.39 is 24.5 Å². The van der Waals surface area contributed by atoms with Gasteiger partial charge in [0.25, 0.3) is 5.91 Å². The minimum Gasteiger partial charge on any atom is -0.456 e. The molecule has 1 heterocycles. The topological polar surface area (TPSA) is 111 Å². The third-order valence-electron chi connectivity index (χ3n) is 3.93. The van der Waals surface area contributed by atoms with E-state index >= 15 is 0 Å². The van der Waals surface area contributed by atoms with Crippen molar-refractivity contribution in [3.63, 3.8) is 0 Å². The lowest BCUT2D eigenvalue weighted by atomic mass is 10.3. The van der Waals surface area contributed by atoms with Gasteiger partial charge in [-0.15, -0.1) is 0 Å². The summed E-state index contributed by atoms with van der Waals surface area (Å²) in [6.45, 7) is 4.32. The lowest BCUT2D eigenvalue weighted by Gasteiger charge is -2.07. The molecule has 0 atom stereocenters. The predicted molar refractivity (Wildman–Crippen MR) is 99.3 cm³/mol. The number of carbonyl (C=O) groups is 3. The third kappa shape index (κ3) is 5.19. The summed E-state index contributed by atoms with van der Waals surface area (Å²) in [7, 11) is 0. The average Bonchev–Trinajstić information content (AvgIpc) is 2.93. The smallest absolute Gasteiger partial charge is 0.329 e. The lowest BCUT2D eigenvalue weighted by molar-refractivity contribution is -0.148. The molecule has 2 aromatic rings. The largest absolute Gasteiger partial charge is 0.456 e. The van der Waals surface area contributed by atoms with Gasteiger partial charge >= 0.3 is 17.7 Å². The second-order valence-corrected chi connectivity index (χ2v) is 5.88. The summed E-state index contributed by atoms with van der Waals surface area (Å²) in [6, 6.07) is 6.71. The van der Waals surface area contributed by atoms with Crippen molar-refractivity contribution < 1.29 is 19.1 Å². The molecular formula is C18H24N4O5. The molecule has 9 nitrogen and oxygen atoms in total. The minimum atomic E-state index is -0.711. The molecule has 9 heteroatoms. The minimum absolute atomic E-state index is 0.0626. The van der Waals surface area contributed by atoms with E-state index in [0.29, 0.717) is 13.1 Å². The Morgan fingerprint density at radius 3 is 2.37 bits per heavy atom. The molecule has 146 valence electrons. The maximum atomic E-state index is 12.5. The zero-order valence-electron chi connectivity index (χ0n) is 15.5. The van der Waals surface area contributed by atoms with Crippen LogP contribution in [0, 0.1) is 0 Å². The molecule has 1 aromatic carbocycles. The molecule has 0 aliphatic heterocycles. The number of hydrogen-bond acceptors (Lipinski definition) is 5. The van der Waals surface area contributed by atoms with Crippen LogP contribution in [-0.2, 0) is 27.4 Å². The number of benzene rings is 1. The van der Waals surface area contributed by atoms with Gasteiger partial charge in [-0.3, -0.25) is 24.0 Å². The van der Waals surface area contributed by atoms with Gasteiger partial charge in [-0.25, -0.2) is 9.59 Å². The molecule has 0 unspecified atom stereocenters. The number of para-hydroxylation sites is 2. The summed E-state index contributed by atoms with van der Waals surface area (Å²) < 4.78 is 8.00. The predicted octanol–water partition coefficient (Wildman–Crippen LogP) is 0.992. The monoisotopic (exact) mass is 376 g/mol. The Bertz CT molecular complexity index is 883. The van der Waals surface area contributed by atoms with E-state index in [1.807, 2.05) is 38.1 Å². The molecule has 3 amide bonds. The van der Waals surface area contributed by atoms with E-state index in [9.17, 15) is 19.2 Å². The van der Waals surface area contributed by atoms with Crippen LogP contribution in [0.2, 0.25) is 0 Å². The quantitative estimate of drug-likeness (QED) is 0.668. The zero-order valence-corrected chi connectivity index (χ0v) is 15.5. The highest BCUT2D eigenvalue weighted by atomic mass is 16.5. The number of nitrogens with one attached hydrogen (secondary N) is 2. The van der Waals surface area contributed by atoms with Crippen LogP contribution in [0.3, 0.4) is 0 Å². The number of aromatic nitrogens is 2. The highest BCUT2D eigenvalue weighted by Gasteiger charge is 2.14. The Hall–Kier alpha value is -3.10. The van der Waals surface area contributed by atoms with Crippen molar-refractivity contribution in [2.75, 3.05) is 13.2 Å². The van der Waals surface area contributed by atoms with Crippen LogP contribution >= 0.6 is 0 Å². The van der Waals surface area contributed by atoms with Crippen LogP contribution in [0.4, 0.5) is 4.79 Å². The molecule has 0 spiro atoms. The number of nitrogens with zero attached hydrogens (tertiary/aromatic N) is 2. The van der Waals surface area contributed by atoms with E-state index in [2.05, 4.69) is 10.6 Å². The Kier molecular flexibility index (Phi) is 7.16. The van der Waals surface area contributed by atoms with E-state index in [4.69, 9.17) is 4.74 Å². The number of esters is 1. The van der Waals surface area contributed by atoms with Gasteiger partial charge in [0.2, 0.25) is 0 Å². The maximum Gasteiger partial charge on any atom is 0.329 e. The van der Waals surface area contributed by atoms with Crippen LogP contribution in [0.25, 0.3) is 11.0 Å². The molecule has 27 heavy (non-hydrogen) atoms. The fourth-order valence-electron chi connectivity index (χ4n) is 2.66. The SMILES string of the molecule is CCCNC(=O)NC(=O)COC(=O)CCn1c(=O)n(CC)c2ccccc21. The molecule has 0 saturated carbocycles. The first-order chi connectivity index (χ1) is 13.0. The fourth-order valence-corrected chi connectivity index (χ4v) is 2.66. The number of urea groups is 1. The Morgan fingerprint density at radius 1 is 1.07 bits per heavy atom. The molecule has 0 aliphatic carbocycles. The standard InChI is InChI=1S/C18H24N4O5/c1-3-10-19-17(25)20-15(23)12-27-16(24)9-11-22-14-8-6-5-7-13(14)21(4-2)18(22)26/h5-8H,3-4,9-12H2,1-2H3,(H2,19,20,23,25). The normalized spacial score (nSPS) is 10.6. The number of carbonyl (C=O) groups excluding carboxylic acids is 3. The van der Waals surface area contributed by atoms with Gasteiger partial charge in [0.15, 0.2) is 6.61 Å². The van der Waals surface area contributed by atoms with Crippen LogP contribution < -0.4 is 16.3 Å². The van der Waals surface area contributed by atoms with Crippen molar-refractivity contribution in [3.8, 4) is 0 Å². The average molecular weight is 376 g/mol. The Morgan fingerprint density at radius 2 is 1.74 bits per heavy atom. The van der Waals surface area contributed by atoms with Gasteiger partial charge in [-0.1, -0.05) is 19.1 Å². The first-order valence-electron chi connectivity index (χ1n) is 8.89. The number of hydrogen-bond donors (Lipinski definition) is 2. The summed E-state index contributed by atoms with van der Waals surface area (Å²) >= 11 is 0. The molecule has 2 N–H and O–H groups in total. The lowest BCUT2D eigenvalue weighted by Crippen LogP contribution is -2.41. The molecule has 0 bridgehead atoms. The van der Waals surface area contributed by atoms with Crippen LogP contribution in [-0.4, -0.2) is 40.2 Å². The first-order valence-corrected chi connectivity index (χ1v) is 8.89. The second kappa shape index (κ2) is 9.56. The van der Waals surface area contributed by atoms with Crippen LogP contribution in [0.15, 0.2) is 29.1 Å². The summed E-state index contributed by atoms with van der Waals surface area (Å²) in [5.41, 5.74) is 1.34. The van der Waals surface area contributed by atoms with E-state index in [0.717, 1.165) is 17.5 Å². The Labute approximate surface area is 156 Å². The van der Waals surface area contributed by atoms with Crippen molar-refractivity contribution in [3.05, 3.63) is 34.7 Å². The Balaban J connectivity index is 1.89. The number of rotatable bonds is 8. The first kappa shape index (κ1) is 20.2. The van der Waals surface area contributed by atoms with Crippen LogP contribution in [0.5, 0.6) is 0 Å². The molecule has 0 fully saturated rings. The molecular weight excluding hydrogens is 352 g/mol. The van der Waals surface area contributed by atoms with E-state index in [1.165, 1.54) is 4.57 Å². The molecule has 2 rings (SSSR count). The van der Waals surface area contributed by atoms with E-state index in [1.54, 1.807) is 4.57 Å². The number of imide groups is 1. The van der Waals surface area contributed by atoms with Gasteiger partial charge in [-0.05, 0) is 25.5 Å². The van der Waals surface area contributed by atoms with Gasteiger partial charge in [0, 0.05) is 19.6 Å². The zero-order chi connectivity index (χ0) is 19.8. The third-order valence-corrected chi connectivity index (χ3v) is 3.93. The van der Waals surface area contributed by atoms with Gasteiger partial charge < -0.3 is 10.1 Å². The van der Waals surface area contributed by atoms with Gasteiger partial charge in [-0.2, -0.15) is 0 Å². The summed E-state index contributed by atoms with van der Waals surface area (Å²) in [4.78, 5) is 47.2. The number of imidazole rings is 1. The van der Waals surface area contributed by atoms with Crippen molar-refractivity contribution in [1.29, 1.82) is 0 Å². The van der Waals surface area contributed by atoms with Crippen molar-refractivity contribution in [2.24, 2.45) is 0 Å². The molecule has 1 aromatic heterocycles. The van der Waals surface area contributed by atoms with Gasteiger partial charge in [0.05, 0.1) is 17.5 Å². The summed E-state index contributed by atoms with van der Waals surface area (Å²) in [5.74, 6) is -1.34. The number of amides is 3. The number of fused-ring (bicyclic) bond motifs is 1. The second-order valence-electron chi connectivity index (χ2n) is 5.88. The van der Waals surface area contributed by atoms with Crippen molar-refractivity contribution >= 4 is 28.9 Å². The maximum absolute atomic E-state index is 12.5. The van der Waals surface area contributed by atoms with Crippen molar-refractivity contribution in [1.82, 2.24) is 19.8 Å². The summed E-state index contributed by atoms with van der Waals surface area (Å²) in [6.07, 6.45) is 0.678. The highest BCUT2D eigenvalue weighted by Crippen LogP contribution is 2.13. The fraction of sp³-hybridized carbons (Fsp3) is 0.444. The molecule has 0 radical (unpaired) electrons.